The maximum absolute atomic E-state index is 12.4. The lowest BCUT2D eigenvalue weighted by atomic mass is 9.87. The van der Waals surface area contributed by atoms with E-state index in [1.165, 1.54) is 0 Å². The van der Waals surface area contributed by atoms with Crippen LogP contribution >= 0.6 is 0 Å². The summed E-state index contributed by atoms with van der Waals surface area (Å²) in [7, 11) is -3.42. The first-order valence-corrected chi connectivity index (χ1v) is 9.11. The van der Waals surface area contributed by atoms with E-state index in [1.807, 2.05) is 12.1 Å². The lowest BCUT2D eigenvalue weighted by Gasteiger charge is -2.20. The van der Waals surface area contributed by atoms with Crippen LogP contribution < -0.4 is 10.0 Å². The van der Waals surface area contributed by atoms with E-state index in [0.717, 1.165) is 37.9 Å². The summed E-state index contributed by atoms with van der Waals surface area (Å²) in [5.41, 5.74) is 1.17. The predicted molar refractivity (Wildman–Crippen MR) is 86.0 cm³/mol. The van der Waals surface area contributed by atoms with Gasteiger partial charge in [0.25, 0.3) is 0 Å². The largest absolute Gasteiger partial charge is 0.317 e. The van der Waals surface area contributed by atoms with Crippen LogP contribution in [0.15, 0.2) is 29.2 Å². The van der Waals surface area contributed by atoms with Crippen molar-refractivity contribution < 1.29 is 8.42 Å². The van der Waals surface area contributed by atoms with Gasteiger partial charge in [-0.1, -0.05) is 32.9 Å². The molecular weight excluding hydrogens is 284 g/mol. The highest BCUT2D eigenvalue weighted by molar-refractivity contribution is 7.89. The fraction of sp³-hybridized carbons (Fsp3) is 0.625. The van der Waals surface area contributed by atoms with Crippen molar-refractivity contribution >= 4 is 10.0 Å². The first-order chi connectivity index (χ1) is 9.79. The Morgan fingerprint density at radius 1 is 1.10 bits per heavy atom. The Kier molecular flexibility index (Phi) is 5.07. The zero-order valence-corrected chi connectivity index (χ0v) is 14.0. The standard InChI is InChI=1S/C16H26N2O2S/c1-16(2,3)13-6-8-15(9-7-13)21(19,20)18-14-5-4-11-17-12-10-14/h6-9,14,17-18H,4-5,10-12H2,1-3H3. The van der Waals surface area contributed by atoms with Gasteiger partial charge in [-0.05, 0) is 55.5 Å². The minimum absolute atomic E-state index is 0.0304. The molecule has 0 saturated carbocycles. The third-order valence-electron chi connectivity index (χ3n) is 3.93. The lowest BCUT2D eigenvalue weighted by molar-refractivity contribution is 0.518. The van der Waals surface area contributed by atoms with Crippen LogP contribution in [0.1, 0.15) is 45.6 Å². The summed E-state index contributed by atoms with van der Waals surface area (Å²) < 4.78 is 27.7. The summed E-state index contributed by atoms with van der Waals surface area (Å²) >= 11 is 0. The summed E-state index contributed by atoms with van der Waals surface area (Å²) in [6, 6.07) is 7.26. The monoisotopic (exact) mass is 310 g/mol. The van der Waals surface area contributed by atoms with Crippen molar-refractivity contribution in [1.82, 2.24) is 10.0 Å². The molecule has 1 saturated heterocycles. The van der Waals surface area contributed by atoms with Crippen molar-refractivity contribution in [2.75, 3.05) is 13.1 Å². The van der Waals surface area contributed by atoms with E-state index in [0.29, 0.717) is 4.90 Å². The SMILES string of the molecule is CC(C)(C)c1ccc(S(=O)(=O)NC2CCCNCC2)cc1. The van der Waals surface area contributed by atoms with Crippen LogP contribution in [0.2, 0.25) is 0 Å². The summed E-state index contributed by atoms with van der Waals surface area (Å²) in [5, 5.41) is 3.29. The minimum atomic E-state index is -3.42. The number of benzene rings is 1. The molecule has 0 aromatic heterocycles. The molecule has 1 aromatic rings. The zero-order valence-electron chi connectivity index (χ0n) is 13.1. The Morgan fingerprint density at radius 3 is 2.38 bits per heavy atom. The molecule has 0 amide bonds. The van der Waals surface area contributed by atoms with Crippen LogP contribution in [-0.2, 0) is 15.4 Å². The van der Waals surface area contributed by atoms with Crippen molar-refractivity contribution in [3.8, 4) is 0 Å². The van der Waals surface area contributed by atoms with Gasteiger partial charge in [0.2, 0.25) is 10.0 Å². The molecule has 118 valence electrons. The highest BCUT2D eigenvalue weighted by Crippen LogP contribution is 2.23. The molecule has 0 bridgehead atoms. The minimum Gasteiger partial charge on any atom is -0.317 e. The van der Waals surface area contributed by atoms with Crippen molar-refractivity contribution in [2.45, 2.75) is 56.4 Å². The summed E-state index contributed by atoms with van der Waals surface area (Å²) in [6.45, 7) is 8.20. The van der Waals surface area contributed by atoms with Gasteiger partial charge in [-0.25, -0.2) is 13.1 Å². The van der Waals surface area contributed by atoms with Crippen LogP contribution in [0.4, 0.5) is 0 Å². The smallest absolute Gasteiger partial charge is 0.240 e. The van der Waals surface area contributed by atoms with Gasteiger partial charge in [0.1, 0.15) is 0 Å². The summed E-state index contributed by atoms with van der Waals surface area (Å²) in [6.07, 6.45) is 2.75. The molecule has 4 nitrogen and oxygen atoms in total. The maximum Gasteiger partial charge on any atom is 0.240 e. The first kappa shape index (κ1) is 16.5. The van der Waals surface area contributed by atoms with Crippen LogP contribution in [0, 0.1) is 0 Å². The second-order valence-electron chi connectivity index (χ2n) is 6.77. The van der Waals surface area contributed by atoms with Gasteiger partial charge in [0, 0.05) is 6.04 Å². The average molecular weight is 310 g/mol. The van der Waals surface area contributed by atoms with Gasteiger partial charge in [-0.2, -0.15) is 0 Å². The summed E-state index contributed by atoms with van der Waals surface area (Å²) in [4.78, 5) is 0.354. The molecule has 0 aliphatic carbocycles. The molecule has 1 fully saturated rings. The molecular formula is C16H26N2O2S. The predicted octanol–water partition coefficient (Wildman–Crippen LogP) is 2.40. The van der Waals surface area contributed by atoms with E-state index in [-0.39, 0.29) is 11.5 Å². The highest BCUT2D eigenvalue weighted by Gasteiger charge is 2.22. The fourth-order valence-corrected chi connectivity index (χ4v) is 3.86. The van der Waals surface area contributed by atoms with Crippen molar-refractivity contribution in [1.29, 1.82) is 0 Å². The van der Waals surface area contributed by atoms with Crippen LogP contribution in [0.25, 0.3) is 0 Å². The van der Waals surface area contributed by atoms with E-state index in [1.54, 1.807) is 12.1 Å². The van der Waals surface area contributed by atoms with E-state index in [4.69, 9.17) is 0 Å². The Morgan fingerprint density at radius 2 is 1.76 bits per heavy atom. The number of hydrogen-bond donors (Lipinski definition) is 2. The van der Waals surface area contributed by atoms with Crippen LogP contribution in [0.5, 0.6) is 0 Å². The quantitative estimate of drug-likeness (QED) is 0.901. The third-order valence-corrected chi connectivity index (χ3v) is 5.46. The molecule has 2 N–H and O–H groups in total. The number of rotatable bonds is 3. The molecule has 0 spiro atoms. The summed E-state index contributed by atoms with van der Waals surface area (Å²) in [5.74, 6) is 0. The molecule has 2 rings (SSSR count). The Balaban J connectivity index is 2.11. The molecule has 1 atom stereocenters. The molecule has 1 aromatic carbocycles. The van der Waals surface area contributed by atoms with Gasteiger partial charge < -0.3 is 5.32 Å². The van der Waals surface area contributed by atoms with Gasteiger partial charge in [-0.3, -0.25) is 0 Å². The number of nitrogens with one attached hydrogen (secondary N) is 2. The topological polar surface area (TPSA) is 58.2 Å². The average Bonchev–Trinajstić information content (AvgIpc) is 2.66. The molecule has 1 aliphatic heterocycles. The van der Waals surface area contributed by atoms with Gasteiger partial charge in [0.15, 0.2) is 0 Å². The lowest BCUT2D eigenvalue weighted by Crippen LogP contribution is -2.35. The first-order valence-electron chi connectivity index (χ1n) is 7.63. The fourth-order valence-electron chi connectivity index (χ4n) is 2.56. The van der Waals surface area contributed by atoms with Crippen molar-refractivity contribution in [3.05, 3.63) is 29.8 Å². The van der Waals surface area contributed by atoms with Gasteiger partial charge in [-0.15, -0.1) is 0 Å². The maximum atomic E-state index is 12.4. The Labute approximate surface area is 128 Å². The normalized spacial score (nSPS) is 21.0. The molecule has 1 aliphatic rings. The Hall–Kier alpha value is -0.910. The molecule has 1 heterocycles. The molecule has 5 heteroatoms. The van der Waals surface area contributed by atoms with Crippen LogP contribution in [-0.4, -0.2) is 27.5 Å². The van der Waals surface area contributed by atoms with E-state index < -0.39 is 10.0 Å². The van der Waals surface area contributed by atoms with Crippen LogP contribution in [0.3, 0.4) is 0 Å². The van der Waals surface area contributed by atoms with E-state index >= 15 is 0 Å². The van der Waals surface area contributed by atoms with Gasteiger partial charge >= 0.3 is 0 Å². The number of hydrogen-bond acceptors (Lipinski definition) is 3. The molecule has 0 radical (unpaired) electrons. The van der Waals surface area contributed by atoms with Gasteiger partial charge in [0.05, 0.1) is 4.90 Å². The second-order valence-corrected chi connectivity index (χ2v) is 8.49. The van der Waals surface area contributed by atoms with Crippen molar-refractivity contribution in [2.24, 2.45) is 0 Å². The molecule has 21 heavy (non-hydrogen) atoms. The van der Waals surface area contributed by atoms with E-state index in [9.17, 15) is 8.42 Å². The van der Waals surface area contributed by atoms with E-state index in [2.05, 4.69) is 30.8 Å². The van der Waals surface area contributed by atoms with Crippen molar-refractivity contribution in [3.63, 3.8) is 0 Å². The number of sulfonamides is 1. The highest BCUT2D eigenvalue weighted by atomic mass is 32.2. The molecule has 1 unspecified atom stereocenters. The zero-order chi connectivity index (χ0) is 15.5. The Bertz CT molecular complexity index is 551. The second kappa shape index (κ2) is 6.46. The third kappa shape index (κ3) is 4.53.